The summed E-state index contributed by atoms with van der Waals surface area (Å²) in [7, 11) is 0. The first-order chi connectivity index (χ1) is 9.58. The minimum atomic E-state index is -0.977. The van der Waals surface area contributed by atoms with Gasteiger partial charge in [-0.15, -0.1) is 10.0 Å². The molecular weight excluding hydrogens is 284 g/mol. The molecule has 2 aromatic heterocycles. The summed E-state index contributed by atoms with van der Waals surface area (Å²) in [4.78, 5) is 23.6. The highest BCUT2D eigenvalue weighted by Gasteiger charge is 2.11. The van der Waals surface area contributed by atoms with Crippen LogP contribution in [0.1, 0.15) is 16.1 Å². The van der Waals surface area contributed by atoms with Crippen molar-refractivity contribution < 1.29 is 15.1 Å². The van der Waals surface area contributed by atoms with Crippen molar-refractivity contribution in [3.05, 3.63) is 46.8 Å². The normalized spacial score (nSPS) is 9.25. The number of nitrogens with zero attached hydrogens (tertiary/aromatic N) is 4. The van der Waals surface area contributed by atoms with Crippen LogP contribution in [0.5, 0.6) is 0 Å². The molecule has 20 heavy (non-hydrogen) atoms. The average molecular weight is 294 g/mol. The lowest BCUT2D eigenvalue weighted by Gasteiger charge is -2.03. The molecule has 2 heterocycles. The fourth-order valence-electron chi connectivity index (χ4n) is 1.19. The molecule has 0 fully saturated rings. The fourth-order valence-corrected chi connectivity index (χ4v) is 2.01. The van der Waals surface area contributed by atoms with Crippen LogP contribution >= 0.6 is 11.8 Å². The van der Waals surface area contributed by atoms with Gasteiger partial charge >= 0.3 is 5.97 Å². The Labute approximate surface area is 117 Å². The van der Waals surface area contributed by atoms with Gasteiger partial charge in [-0.05, 0) is 25.1 Å². The van der Waals surface area contributed by atoms with E-state index in [1.54, 1.807) is 6.07 Å². The third-order valence-corrected chi connectivity index (χ3v) is 2.97. The van der Waals surface area contributed by atoms with Gasteiger partial charge in [-0.2, -0.15) is 5.10 Å². The monoisotopic (exact) mass is 294 g/mol. The van der Waals surface area contributed by atoms with Crippen LogP contribution in [0.3, 0.4) is 0 Å². The number of hydrogen-bond acceptors (Lipinski definition) is 7. The van der Waals surface area contributed by atoms with Crippen molar-refractivity contribution in [2.45, 2.75) is 16.8 Å². The molecule has 8 nitrogen and oxygen atoms in total. The molecule has 2 rings (SSSR count). The van der Waals surface area contributed by atoms with Crippen LogP contribution in [0.4, 0.5) is 0 Å². The smallest absolute Gasteiger partial charge is 0.336 e. The molecule has 0 unspecified atom stereocenters. The fraction of sp³-hybridized carbons (Fsp3) is 0.0909. The summed E-state index contributed by atoms with van der Waals surface area (Å²) in [5, 5.41) is 25.4. The molecule has 104 valence electrons. The third kappa shape index (κ3) is 4.61. The highest BCUT2D eigenvalue weighted by molar-refractivity contribution is 7.99. The molecule has 0 saturated carbocycles. The summed E-state index contributed by atoms with van der Waals surface area (Å²) in [5.41, 5.74) is 1.03. The van der Waals surface area contributed by atoms with Crippen LogP contribution < -0.4 is 0 Å². The Morgan fingerprint density at radius 1 is 1.30 bits per heavy atom. The van der Waals surface area contributed by atoms with Crippen molar-refractivity contribution in [2.24, 2.45) is 5.34 Å². The van der Waals surface area contributed by atoms with Gasteiger partial charge in [-0.25, -0.2) is 4.79 Å². The highest BCUT2D eigenvalue weighted by Crippen LogP contribution is 2.27. The van der Waals surface area contributed by atoms with Crippen molar-refractivity contribution in [1.82, 2.24) is 15.2 Å². The zero-order valence-corrected chi connectivity index (χ0v) is 11.1. The summed E-state index contributed by atoms with van der Waals surface area (Å²) in [5.74, 6) is -0.977. The van der Waals surface area contributed by atoms with Gasteiger partial charge in [0.15, 0.2) is 5.34 Å². The third-order valence-electron chi connectivity index (χ3n) is 2.00. The van der Waals surface area contributed by atoms with Gasteiger partial charge in [0.05, 0.1) is 11.3 Å². The zero-order chi connectivity index (χ0) is 15.0. The van der Waals surface area contributed by atoms with Gasteiger partial charge in [0, 0.05) is 17.3 Å². The molecule has 0 amide bonds. The van der Waals surface area contributed by atoms with Gasteiger partial charge in [0.1, 0.15) is 5.03 Å². The molecule has 0 aliphatic heterocycles. The second-order valence-corrected chi connectivity index (χ2v) is 4.44. The lowest BCUT2D eigenvalue weighted by Crippen LogP contribution is -1.99. The molecule has 2 aromatic rings. The number of pyridine rings is 1. The standard InChI is InChI=1S/C11H9N3O2S.HNO2/c1-7-2-3-10(14-13-7)17-9-6-12-5-4-8(9)11(15)16;2-1-3/h2-6H,1H3,(H,15,16);(H,2,3). The predicted molar refractivity (Wildman–Crippen MR) is 69.7 cm³/mol. The molecule has 0 atom stereocenters. The van der Waals surface area contributed by atoms with Crippen LogP contribution in [-0.4, -0.2) is 31.5 Å². The van der Waals surface area contributed by atoms with Gasteiger partial charge < -0.3 is 10.3 Å². The molecule has 0 aliphatic carbocycles. The Morgan fingerprint density at radius 3 is 2.55 bits per heavy atom. The highest BCUT2D eigenvalue weighted by atomic mass is 32.2. The number of aryl methyl sites for hydroxylation is 1. The maximum atomic E-state index is 11.0. The van der Waals surface area contributed by atoms with Gasteiger partial charge in [-0.1, -0.05) is 11.8 Å². The number of carboxylic acid groups (broad SMARTS) is 1. The molecular formula is C11H10N4O4S. The summed E-state index contributed by atoms with van der Waals surface area (Å²) in [6, 6.07) is 5.09. The van der Waals surface area contributed by atoms with E-state index in [1.807, 2.05) is 13.0 Å². The van der Waals surface area contributed by atoms with E-state index >= 15 is 0 Å². The number of aromatic carboxylic acids is 1. The second kappa shape index (κ2) is 7.79. The van der Waals surface area contributed by atoms with Crippen molar-refractivity contribution in [3.8, 4) is 0 Å². The number of aromatic nitrogens is 3. The van der Waals surface area contributed by atoms with Crippen LogP contribution in [0.2, 0.25) is 0 Å². The predicted octanol–water partition coefficient (Wildman–Crippen LogP) is 2.17. The minimum Gasteiger partial charge on any atom is -0.478 e. The first-order valence-corrected chi connectivity index (χ1v) is 6.02. The van der Waals surface area contributed by atoms with E-state index in [1.165, 1.54) is 35.6 Å². The van der Waals surface area contributed by atoms with Crippen molar-refractivity contribution >= 4 is 17.7 Å². The van der Waals surface area contributed by atoms with E-state index in [0.717, 1.165) is 5.69 Å². The lowest BCUT2D eigenvalue weighted by molar-refractivity contribution is 0.0693. The van der Waals surface area contributed by atoms with E-state index in [0.29, 0.717) is 9.92 Å². The molecule has 0 aliphatic rings. The molecule has 0 bridgehead atoms. The largest absolute Gasteiger partial charge is 0.478 e. The Morgan fingerprint density at radius 2 is 2.00 bits per heavy atom. The number of hydrogen-bond donors (Lipinski definition) is 2. The molecule has 0 aromatic carbocycles. The first kappa shape index (κ1) is 15.5. The zero-order valence-electron chi connectivity index (χ0n) is 10.3. The Balaban J connectivity index is 0.000000612. The van der Waals surface area contributed by atoms with Crippen molar-refractivity contribution in [3.63, 3.8) is 0 Å². The van der Waals surface area contributed by atoms with Crippen molar-refractivity contribution in [2.75, 3.05) is 0 Å². The summed E-state index contributed by atoms with van der Waals surface area (Å²) in [6.07, 6.45) is 2.96. The number of carbonyl (C=O) groups is 1. The van der Waals surface area contributed by atoms with Crippen LogP contribution in [0.25, 0.3) is 0 Å². The van der Waals surface area contributed by atoms with Gasteiger partial charge in [-0.3, -0.25) is 4.98 Å². The maximum absolute atomic E-state index is 11.0. The van der Waals surface area contributed by atoms with Crippen LogP contribution in [0, 0.1) is 11.8 Å². The Bertz CT molecular complexity index is 591. The average Bonchev–Trinajstić information content (AvgIpc) is 2.43. The number of rotatable bonds is 3. The Hall–Kier alpha value is -2.55. The topological polar surface area (TPSA) is 126 Å². The Kier molecular flexibility index (Phi) is 6.04. The van der Waals surface area contributed by atoms with Crippen LogP contribution in [0.15, 0.2) is 45.9 Å². The molecule has 0 saturated heterocycles. The summed E-state index contributed by atoms with van der Waals surface area (Å²) < 4.78 is 0. The summed E-state index contributed by atoms with van der Waals surface area (Å²) in [6.45, 7) is 1.84. The van der Waals surface area contributed by atoms with Crippen molar-refractivity contribution in [1.29, 1.82) is 0 Å². The summed E-state index contributed by atoms with van der Waals surface area (Å²) >= 11 is 1.23. The molecule has 0 spiro atoms. The van der Waals surface area contributed by atoms with E-state index in [9.17, 15) is 4.79 Å². The number of carboxylic acids is 1. The molecule has 0 radical (unpaired) electrons. The first-order valence-electron chi connectivity index (χ1n) is 5.20. The van der Waals surface area contributed by atoms with Gasteiger partial charge in [0.2, 0.25) is 0 Å². The molecule has 9 heteroatoms. The maximum Gasteiger partial charge on any atom is 0.336 e. The van der Waals surface area contributed by atoms with E-state index < -0.39 is 5.97 Å². The van der Waals surface area contributed by atoms with E-state index in [-0.39, 0.29) is 5.56 Å². The second-order valence-electron chi connectivity index (χ2n) is 3.37. The van der Waals surface area contributed by atoms with E-state index in [2.05, 4.69) is 15.2 Å². The van der Waals surface area contributed by atoms with Crippen LogP contribution in [-0.2, 0) is 0 Å². The lowest BCUT2D eigenvalue weighted by atomic mass is 10.3. The van der Waals surface area contributed by atoms with Gasteiger partial charge in [0.25, 0.3) is 0 Å². The molecule has 2 N–H and O–H groups in total. The van der Waals surface area contributed by atoms with E-state index in [4.69, 9.17) is 15.2 Å². The SMILES string of the molecule is Cc1ccc(Sc2cnccc2C(=O)O)nn1.O=NO. The minimum absolute atomic E-state index is 0.215. The quantitative estimate of drug-likeness (QED) is 0.651.